The van der Waals surface area contributed by atoms with Gasteiger partial charge in [0.1, 0.15) is 10.6 Å². The maximum absolute atomic E-state index is 12.6. The molecule has 0 aliphatic carbocycles. The Morgan fingerprint density at radius 1 is 1.13 bits per heavy atom. The van der Waals surface area contributed by atoms with Crippen LogP contribution in [0.3, 0.4) is 0 Å². The molecule has 3 rings (SSSR count). The van der Waals surface area contributed by atoms with Gasteiger partial charge in [-0.3, -0.25) is 4.79 Å². The second kappa shape index (κ2) is 6.48. The first kappa shape index (κ1) is 15.6. The van der Waals surface area contributed by atoms with Gasteiger partial charge in [0.25, 0.3) is 5.91 Å². The zero-order valence-corrected chi connectivity index (χ0v) is 14.2. The number of hydrogen-bond acceptors (Lipinski definition) is 4. The molecule has 116 valence electrons. The second-order valence-corrected chi connectivity index (χ2v) is 6.42. The van der Waals surface area contributed by atoms with Gasteiger partial charge < -0.3 is 5.32 Å². The van der Waals surface area contributed by atoms with Crippen LogP contribution in [0.1, 0.15) is 20.8 Å². The Labute approximate surface area is 143 Å². The highest BCUT2D eigenvalue weighted by molar-refractivity contribution is 7.08. The molecule has 1 aromatic heterocycles. The monoisotopic (exact) mass is 343 g/mol. The lowest BCUT2D eigenvalue weighted by molar-refractivity contribution is 0.103. The van der Waals surface area contributed by atoms with Gasteiger partial charge in [-0.15, -0.1) is 5.10 Å². The minimum atomic E-state index is -0.235. The van der Waals surface area contributed by atoms with E-state index in [0.29, 0.717) is 21.3 Å². The van der Waals surface area contributed by atoms with Crippen LogP contribution in [0.15, 0.2) is 42.5 Å². The van der Waals surface area contributed by atoms with Crippen molar-refractivity contribution < 1.29 is 4.79 Å². The van der Waals surface area contributed by atoms with Crippen LogP contribution >= 0.6 is 23.1 Å². The molecule has 6 heteroatoms. The Kier molecular flexibility index (Phi) is 4.41. The maximum atomic E-state index is 12.6. The minimum Gasteiger partial charge on any atom is -0.321 e. The number of benzene rings is 2. The number of carbonyl (C=O) groups excluding carboxylic acids is 1. The first-order valence-electron chi connectivity index (χ1n) is 7.01. The summed E-state index contributed by atoms with van der Waals surface area (Å²) in [5, 5.41) is 7.56. The van der Waals surface area contributed by atoms with E-state index in [4.69, 9.17) is 11.6 Å². The number of carbonyl (C=O) groups is 1. The van der Waals surface area contributed by atoms with Crippen molar-refractivity contribution in [2.75, 3.05) is 5.32 Å². The highest BCUT2D eigenvalue weighted by Gasteiger charge is 2.18. The zero-order valence-electron chi connectivity index (χ0n) is 12.6. The summed E-state index contributed by atoms with van der Waals surface area (Å²) < 4.78 is 3.93. The maximum Gasteiger partial charge on any atom is 0.269 e. The van der Waals surface area contributed by atoms with Crippen LogP contribution < -0.4 is 5.32 Å². The van der Waals surface area contributed by atoms with Crippen molar-refractivity contribution in [2.45, 2.75) is 13.8 Å². The number of amides is 1. The van der Waals surface area contributed by atoms with Gasteiger partial charge in [0, 0.05) is 16.3 Å². The minimum absolute atomic E-state index is 0.235. The van der Waals surface area contributed by atoms with E-state index in [1.54, 1.807) is 12.1 Å². The summed E-state index contributed by atoms with van der Waals surface area (Å²) in [7, 11) is 0. The van der Waals surface area contributed by atoms with E-state index in [-0.39, 0.29) is 5.91 Å². The molecule has 4 nitrogen and oxygen atoms in total. The van der Waals surface area contributed by atoms with E-state index in [0.717, 1.165) is 28.2 Å². The summed E-state index contributed by atoms with van der Waals surface area (Å²) in [4.78, 5) is 13.1. The summed E-state index contributed by atoms with van der Waals surface area (Å²) in [5.74, 6) is -0.235. The van der Waals surface area contributed by atoms with Crippen LogP contribution in [0.25, 0.3) is 11.3 Å². The lowest BCUT2D eigenvalue weighted by Gasteiger charge is -2.08. The highest BCUT2D eigenvalue weighted by Crippen LogP contribution is 2.26. The molecule has 3 aromatic rings. The van der Waals surface area contributed by atoms with Gasteiger partial charge >= 0.3 is 0 Å². The van der Waals surface area contributed by atoms with Gasteiger partial charge in [-0.2, -0.15) is 0 Å². The topological polar surface area (TPSA) is 54.9 Å². The van der Waals surface area contributed by atoms with Crippen LogP contribution in [-0.4, -0.2) is 15.5 Å². The van der Waals surface area contributed by atoms with Crippen LogP contribution in [0.4, 0.5) is 5.69 Å². The molecule has 0 bridgehead atoms. The van der Waals surface area contributed by atoms with Crippen molar-refractivity contribution in [1.82, 2.24) is 9.59 Å². The molecule has 0 aliphatic heterocycles. The average Bonchev–Trinajstić information content (AvgIpc) is 3.01. The molecule has 2 aromatic carbocycles. The van der Waals surface area contributed by atoms with Crippen LogP contribution in [0.5, 0.6) is 0 Å². The Morgan fingerprint density at radius 3 is 2.61 bits per heavy atom. The molecule has 0 atom stereocenters. The van der Waals surface area contributed by atoms with E-state index in [1.807, 2.05) is 44.2 Å². The van der Waals surface area contributed by atoms with Crippen LogP contribution in [0, 0.1) is 13.8 Å². The molecule has 0 unspecified atom stereocenters. The molecule has 0 aliphatic rings. The number of nitrogens with one attached hydrogen (secondary N) is 1. The number of rotatable bonds is 3. The number of aryl methyl sites for hydroxylation is 2. The van der Waals surface area contributed by atoms with E-state index < -0.39 is 0 Å². The average molecular weight is 344 g/mol. The van der Waals surface area contributed by atoms with Gasteiger partial charge in [0.2, 0.25) is 0 Å². The second-order valence-electron chi connectivity index (χ2n) is 5.23. The molecule has 1 amide bonds. The molecular formula is C17H14ClN3OS. The summed E-state index contributed by atoms with van der Waals surface area (Å²) in [5.41, 5.74) is 4.24. The van der Waals surface area contributed by atoms with E-state index in [1.165, 1.54) is 0 Å². The molecular weight excluding hydrogens is 330 g/mol. The molecule has 1 N–H and O–H groups in total. The van der Waals surface area contributed by atoms with Crippen molar-refractivity contribution in [3.8, 4) is 11.3 Å². The molecule has 23 heavy (non-hydrogen) atoms. The first-order chi connectivity index (χ1) is 11.0. The quantitative estimate of drug-likeness (QED) is 0.748. The fraction of sp³-hybridized carbons (Fsp3) is 0.118. The molecule has 0 fully saturated rings. The van der Waals surface area contributed by atoms with Crippen molar-refractivity contribution >= 4 is 34.7 Å². The zero-order chi connectivity index (χ0) is 16.4. The highest BCUT2D eigenvalue weighted by atomic mass is 35.5. The van der Waals surface area contributed by atoms with Crippen LogP contribution in [-0.2, 0) is 0 Å². The molecule has 0 saturated heterocycles. The van der Waals surface area contributed by atoms with Gasteiger partial charge in [-0.05, 0) is 43.1 Å². The SMILES string of the molecule is Cc1ccc(-c2nnsc2C(=O)Nc2cc(Cl)ccc2C)cc1. The Balaban J connectivity index is 1.91. The van der Waals surface area contributed by atoms with Gasteiger partial charge in [0.15, 0.2) is 0 Å². The number of halogens is 1. The number of hydrogen-bond donors (Lipinski definition) is 1. The number of anilines is 1. The van der Waals surface area contributed by atoms with Crippen molar-refractivity contribution in [3.05, 3.63) is 63.5 Å². The third kappa shape index (κ3) is 3.41. The standard InChI is InChI=1S/C17H14ClN3OS/c1-10-3-6-12(7-4-10)15-16(23-21-20-15)17(22)19-14-9-13(18)8-5-11(14)2/h3-9H,1-2H3,(H,19,22). The third-order valence-electron chi connectivity index (χ3n) is 3.47. The van der Waals surface area contributed by atoms with E-state index >= 15 is 0 Å². The lowest BCUT2D eigenvalue weighted by Crippen LogP contribution is -2.12. The predicted octanol–water partition coefficient (Wildman–Crippen LogP) is 4.73. The molecule has 0 spiro atoms. The summed E-state index contributed by atoms with van der Waals surface area (Å²) in [6.07, 6.45) is 0. The van der Waals surface area contributed by atoms with Crippen LogP contribution in [0.2, 0.25) is 5.02 Å². The summed E-state index contributed by atoms with van der Waals surface area (Å²) in [6, 6.07) is 13.2. The smallest absolute Gasteiger partial charge is 0.269 e. The Bertz CT molecular complexity index is 859. The molecule has 0 saturated carbocycles. The summed E-state index contributed by atoms with van der Waals surface area (Å²) in [6.45, 7) is 3.93. The Morgan fingerprint density at radius 2 is 1.87 bits per heavy atom. The van der Waals surface area contributed by atoms with Crippen molar-refractivity contribution in [1.29, 1.82) is 0 Å². The van der Waals surface area contributed by atoms with Crippen molar-refractivity contribution in [2.24, 2.45) is 0 Å². The van der Waals surface area contributed by atoms with E-state index in [9.17, 15) is 4.79 Å². The fourth-order valence-corrected chi connectivity index (χ4v) is 2.90. The van der Waals surface area contributed by atoms with Gasteiger partial charge in [0.05, 0.1) is 0 Å². The molecule has 0 radical (unpaired) electrons. The van der Waals surface area contributed by atoms with Gasteiger partial charge in [-0.25, -0.2) is 0 Å². The lowest BCUT2D eigenvalue weighted by atomic mass is 10.1. The van der Waals surface area contributed by atoms with Crippen molar-refractivity contribution in [3.63, 3.8) is 0 Å². The fourth-order valence-electron chi connectivity index (χ4n) is 2.15. The largest absolute Gasteiger partial charge is 0.321 e. The van der Waals surface area contributed by atoms with E-state index in [2.05, 4.69) is 14.9 Å². The number of nitrogens with zero attached hydrogens (tertiary/aromatic N) is 2. The predicted molar refractivity (Wildman–Crippen MR) is 94.2 cm³/mol. The number of aromatic nitrogens is 2. The summed E-state index contributed by atoms with van der Waals surface area (Å²) >= 11 is 7.07. The van der Waals surface area contributed by atoms with Gasteiger partial charge in [-0.1, -0.05) is 52.0 Å². The molecule has 1 heterocycles. The Hall–Kier alpha value is -2.24. The first-order valence-corrected chi connectivity index (χ1v) is 8.16. The normalized spacial score (nSPS) is 10.6. The third-order valence-corrected chi connectivity index (χ3v) is 4.43.